The lowest BCUT2D eigenvalue weighted by atomic mass is 9.86. The van der Waals surface area contributed by atoms with Gasteiger partial charge in [-0.1, -0.05) is 13.0 Å². The molecule has 37 heavy (non-hydrogen) atoms. The second-order valence-corrected chi connectivity index (χ2v) is 10.7. The number of likely N-dealkylation sites (N-methyl/N-ethyl adjacent to an activating group) is 1. The fourth-order valence-corrected chi connectivity index (χ4v) is 5.60. The standard InChI is InChI=1S/C30H42N4O3/c1-5-33(20-22-14-16-34(17-15-22)30(36)31-21(2)3)27-11-7-23-6-10-26(18-25(23)19-27)32-29(35)24-8-12-28(37-4)13-9-24/h6,8-10,12-13,18,21-22,27H,5,7,11,14-17,19-20H2,1-4H3,(H,31,36)(H,32,35). The number of anilines is 1. The predicted molar refractivity (Wildman–Crippen MR) is 148 cm³/mol. The van der Waals surface area contributed by atoms with E-state index in [1.807, 2.05) is 24.8 Å². The van der Waals surface area contributed by atoms with E-state index < -0.39 is 0 Å². The van der Waals surface area contributed by atoms with Crippen LogP contribution >= 0.6 is 0 Å². The van der Waals surface area contributed by atoms with E-state index in [9.17, 15) is 9.59 Å². The van der Waals surface area contributed by atoms with Gasteiger partial charge in [-0.2, -0.15) is 0 Å². The molecule has 0 saturated carbocycles. The minimum atomic E-state index is -0.112. The van der Waals surface area contributed by atoms with E-state index in [-0.39, 0.29) is 18.0 Å². The number of carbonyl (C=O) groups is 2. The Bertz CT molecular complexity index is 1060. The molecule has 2 aromatic carbocycles. The first-order chi connectivity index (χ1) is 17.9. The van der Waals surface area contributed by atoms with Gasteiger partial charge < -0.3 is 25.2 Å². The molecular weight excluding hydrogens is 464 g/mol. The monoisotopic (exact) mass is 506 g/mol. The van der Waals surface area contributed by atoms with E-state index in [1.54, 1.807) is 31.4 Å². The van der Waals surface area contributed by atoms with Crippen LogP contribution in [0.4, 0.5) is 10.5 Å². The summed E-state index contributed by atoms with van der Waals surface area (Å²) in [6, 6.07) is 14.3. The average Bonchev–Trinajstić information content (AvgIpc) is 2.91. The van der Waals surface area contributed by atoms with Crippen molar-refractivity contribution in [3.8, 4) is 5.75 Å². The zero-order chi connectivity index (χ0) is 26.4. The molecule has 3 amide bonds. The molecule has 1 atom stereocenters. The number of nitrogens with zero attached hydrogens (tertiary/aromatic N) is 2. The van der Waals surface area contributed by atoms with Gasteiger partial charge in [0.2, 0.25) is 0 Å². The van der Waals surface area contributed by atoms with Gasteiger partial charge in [0.25, 0.3) is 5.91 Å². The summed E-state index contributed by atoms with van der Waals surface area (Å²) < 4.78 is 5.19. The third-order valence-corrected chi connectivity index (χ3v) is 7.75. The number of amides is 3. The molecule has 1 heterocycles. The second-order valence-electron chi connectivity index (χ2n) is 10.7. The van der Waals surface area contributed by atoms with Gasteiger partial charge in [-0.25, -0.2) is 4.79 Å². The van der Waals surface area contributed by atoms with Crippen LogP contribution in [0.15, 0.2) is 42.5 Å². The van der Waals surface area contributed by atoms with Crippen LogP contribution in [0.1, 0.15) is 61.5 Å². The largest absolute Gasteiger partial charge is 0.497 e. The van der Waals surface area contributed by atoms with Crippen LogP contribution in [0.5, 0.6) is 5.75 Å². The SMILES string of the molecule is CCN(CC1CCN(C(=O)NC(C)C)CC1)C1CCc2ccc(NC(=O)c3ccc(OC)cc3)cc2C1. The van der Waals surface area contributed by atoms with Gasteiger partial charge >= 0.3 is 6.03 Å². The van der Waals surface area contributed by atoms with Gasteiger partial charge in [-0.05, 0) is 106 Å². The molecule has 200 valence electrons. The highest BCUT2D eigenvalue weighted by atomic mass is 16.5. The summed E-state index contributed by atoms with van der Waals surface area (Å²) in [5, 5.41) is 6.08. The zero-order valence-electron chi connectivity index (χ0n) is 22.8. The Kier molecular flexibility index (Phi) is 9.09. The fourth-order valence-electron chi connectivity index (χ4n) is 5.60. The Labute approximate surface area is 221 Å². The number of rotatable bonds is 8. The summed E-state index contributed by atoms with van der Waals surface area (Å²) in [5.41, 5.74) is 4.18. The van der Waals surface area contributed by atoms with Crippen molar-refractivity contribution in [3.05, 3.63) is 59.2 Å². The molecule has 0 spiro atoms. The van der Waals surface area contributed by atoms with Crippen LogP contribution in [0, 0.1) is 5.92 Å². The summed E-state index contributed by atoms with van der Waals surface area (Å²) in [4.78, 5) is 29.7. The molecule has 1 fully saturated rings. The van der Waals surface area contributed by atoms with E-state index in [4.69, 9.17) is 4.74 Å². The fraction of sp³-hybridized carbons (Fsp3) is 0.533. The number of aryl methyl sites for hydroxylation is 1. The molecule has 4 rings (SSSR count). The van der Waals surface area contributed by atoms with Crippen LogP contribution in [0.2, 0.25) is 0 Å². The van der Waals surface area contributed by atoms with Crippen molar-refractivity contribution < 1.29 is 14.3 Å². The van der Waals surface area contributed by atoms with Crippen LogP contribution in [0.3, 0.4) is 0 Å². The molecule has 0 bridgehead atoms. The molecule has 2 N–H and O–H groups in total. The molecule has 1 saturated heterocycles. The summed E-state index contributed by atoms with van der Waals surface area (Å²) >= 11 is 0. The molecule has 7 nitrogen and oxygen atoms in total. The zero-order valence-corrected chi connectivity index (χ0v) is 22.8. The maximum absolute atomic E-state index is 12.8. The van der Waals surface area contributed by atoms with Gasteiger partial charge in [0.05, 0.1) is 7.11 Å². The summed E-state index contributed by atoms with van der Waals surface area (Å²) in [6.45, 7) is 10.1. The molecule has 2 aliphatic rings. The Morgan fingerprint density at radius 2 is 1.78 bits per heavy atom. The molecule has 7 heteroatoms. The van der Waals surface area contributed by atoms with Crippen molar-refractivity contribution in [3.63, 3.8) is 0 Å². The number of piperidine rings is 1. The van der Waals surface area contributed by atoms with Gasteiger partial charge in [-0.15, -0.1) is 0 Å². The number of urea groups is 1. The van der Waals surface area contributed by atoms with Gasteiger partial charge in [0, 0.05) is 43.0 Å². The lowest BCUT2D eigenvalue weighted by molar-refractivity contribution is 0.102. The minimum absolute atomic E-state index is 0.0690. The number of nitrogens with one attached hydrogen (secondary N) is 2. The summed E-state index contributed by atoms with van der Waals surface area (Å²) in [7, 11) is 1.62. The maximum atomic E-state index is 12.8. The van der Waals surface area contributed by atoms with Gasteiger partial charge in [0.15, 0.2) is 0 Å². The van der Waals surface area contributed by atoms with Crippen molar-refractivity contribution in [2.45, 2.75) is 65.0 Å². The van der Waals surface area contributed by atoms with E-state index in [0.29, 0.717) is 17.5 Å². The molecule has 1 aliphatic heterocycles. The lowest BCUT2D eigenvalue weighted by Crippen LogP contribution is -2.48. The lowest BCUT2D eigenvalue weighted by Gasteiger charge is -2.39. The first kappa shape index (κ1) is 27.0. The number of ether oxygens (including phenoxy) is 1. The number of benzene rings is 2. The van der Waals surface area contributed by atoms with Crippen LogP contribution in [-0.2, 0) is 12.8 Å². The Hall–Kier alpha value is -3.06. The van der Waals surface area contributed by atoms with Gasteiger partial charge in [0.1, 0.15) is 5.75 Å². The van der Waals surface area contributed by atoms with Crippen molar-refractivity contribution in [1.29, 1.82) is 0 Å². The summed E-state index contributed by atoms with van der Waals surface area (Å²) in [5.74, 6) is 1.25. The first-order valence-electron chi connectivity index (χ1n) is 13.7. The molecule has 0 radical (unpaired) electrons. The van der Waals surface area contributed by atoms with Crippen LogP contribution in [-0.4, -0.2) is 67.1 Å². The van der Waals surface area contributed by atoms with Gasteiger partial charge in [-0.3, -0.25) is 4.79 Å². The van der Waals surface area contributed by atoms with E-state index in [0.717, 1.165) is 69.7 Å². The van der Waals surface area contributed by atoms with Crippen LogP contribution in [0.25, 0.3) is 0 Å². The number of hydrogen-bond donors (Lipinski definition) is 2. The second kappa shape index (κ2) is 12.5. The Balaban J connectivity index is 1.33. The molecule has 1 unspecified atom stereocenters. The number of hydrogen-bond acceptors (Lipinski definition) is 4. The molecule has 0 aromatic heterocycles. The number of methoxy groups -OCH3 is 1. The van der Waals surface area contributed by atoms with Crippen LogP contribution < -0.4 is 15.4 Å². The highest BCUT2D eigenvalue weighted by Crippen LogP contribution is 2.29. The molecule has 1 aliphatic carbocycles. The highest BCUT2D eigenvalue weighted by molar-refractivity contribution is 6.04. The Morgan fingerprint density at radius 1 is 1.05 bits per heavy atom. The predicted octanol–water partition coefficient (Wildman–Crippen LogP) is 4.96. The smallest absolute Gasteiger partial charge is 0.317 e. The summed E-state index contributed by atoms with van der Waals surface area (Å²) in [6.07, 6.45) is 5.36. The van der Waals surface area contributed by atoms with Crippen molar-refractivity contribution >= 4 is 17.6 Å². The number of fused-ring (bicyclic) bond motifs is 1. The normalized spacial score (nSPS) is 18.0. The third-order valence-electron chi connectivity index (χ3n) is 7.75. The maximum Gasteiger partial charge on any atom is 0.317 e. The van der Waals surface area contributed by atoms with Crippen molar-refractivity contribution in [2.24, 2.45) is 5.92 Å². The average molecular weight is 507 g/mol. The first-order valence-corrected chi connectivity index (χ1v) is 13.7. The molecular formula is C30H42N4O3. The number of carbonyl (C=O) groups excluding carboxylic acids is 2. The Morgan fingerprint density at radius 3 is 2.43 bits per heavy atom. The highest BCUT2D eigenvalue weighted by Gasteiger charge is 2.28. The van der Waals surface area contributed by atoms with E-state index >= 15 is 0 Å². The van der Waals surface area contributed by atoms with Crippen molar-refractivity contribution in [2.75, 3.05) is 38.6 Å². The topological polar surface area (TPSA) is 73.9 Å². The van der Waals surface area contributed by atoms with E-state index in [2.05, 4.69) is 34.6 Å². The van der Waals surface area contributed by atoms with E-state index in [1.165, 1.54) is 11.1 Å². The molecule has 2 aromatic rings. The quantitative estimate of drug-likeness (QED) is 0.531. The third kappa shape index (κ3) is 7.04. The van der Waals surface area contributed by atoms with Crippen molar-refractivity contribution in [1.82, 2.24) is 15.1 Å². The number of likely N-dealkylation sites (tertiary alicyclic amines) is 1. The minimum Gasteiger partial charge on any atom is -0.497 e.